The highest BCUT2D eigenvalue weighted by Gasteiger charge is 2.33. The van der Waals surface area contributed by atoms with Gasteiger partial charge in [-0.25, -0.2) is 4.98 Å². The zero-order chi connectivity index (χ0) is 15.1. The SMILES string of the molecule is Cc1nc2c(s1)C=Cc1ccccc1C2C1CCN(C)CC1. The molecule has 1 saturated heterocycles. The molecule has 0 spiro atoms. The maximum atomic E-state index is 4.94. The van der Waals surface area contributed by atoms with Crippen molar-refractivity contribution in [3.63, 3.8) is 0 Å². The van der Waals surface area contributed by atoms with Gasteiger partial charge >= 0.3 is 0 Å². The van der Waals surface area contributed by atoms with Crippen molar-refractivity contribution in [2.45, 2.75) is 25.7 Å². The molecule has 2 heterocycles. The monoisotopic (exact) mass is 310 g/mol. The van der Waals surface area contributed by atoms with Crippen molar-refractivity contribution in [1.29, 1.82) is 0 Å². The van der Waals surface area contributed by atoms with E-state index in [9.17, 15) is 0 Å². The van der Waals surface area contributed by atoms with E-state index in [0.717, 1.165) is 0 Å². The third-order valence-electron chi connectivity index (χ3n) is 5.06. The highest BCUT2D eigenvalue weighted by molar-refractivity contribution is 7.12. The molecule has 0 N–H and O–H groups in total. The number of nitrogens with zero attached hydrogens (tertiary/aromatic N) is 2. The molecule has 1 aliphatic heterocycles. The molecule has 0 radical (unpaired) electrons. The molecule has 2 aromatic rings. The molecule has 0 saturated carbocycles. The van der Waals surface area contributed by atoms with Gasteiger partial charge in [0.15, 0.2) is 0 Å². The van der Waals surface area contributed by atoms with Gasteiger partial charge < -0.3 is 4.90 Å². The van der Waals surface area contributed by atoms with E-state index in [1.165, 1.54) is 52.6 Å². The van der Waals surface area contributed by atoms with Crippen molar-refractivity contribution in [2.75, 3.05) is 20.1 Å². The molecule has 22 heavy (non-hydrogen) atoms. The molecule has 0 bridgehead atoms. The van der Waals surface area contributed by atoms with Crippen molar-refractivity contribution in [3.05, 3.63) is 51.0 Å². The van der Waals surface area contributed by atoms with Crippen LogP contribution in [0.2, 0.25) is 0 Å². The van der Waals surface area contributed by atoms with Crippen LogP contribution in [0.4, 0.5) is 0 Å². The van der Waals surface area contributed by atoms with E-state index >= 15 is 0 Å². The van der Waals surface area contributed by atoms with Crippen LogP contribution in [-0.4, -0.2) is 30.0 Å². The summed E-state index contributed by atoms with van der Waals surface area (Å²) in [5, 5.41) is 1.19. The molecule has 0 amide bonds. The average Bonchev–Trinajstić information content (AvgIpc) is 2.82. The second-order valence-corrected chi connectivity index (χ2v) is 7.80. The van der Waals surface area contributed by atoms with Crippen molar-refractivity contribution in [2.24, 2.45) is 5.92 Å². The van der Waals surface area contributed by atoms with E-state index in [1.54, 1.807) is 0 Å². The average molecular weight is 310 g/mol. The van der Waals surface area contributed by atoms with Crippen molar-refractivity contribution in [3.8, 4) is 0 Å². The van der Waals surface area contributed by atoms with Crippen LogP contribution >= 0.6 is 11.3 Å². The van der Waals surface area contributed by atoms with Crippen molar-refractivity contribution in [1.82, 2.24) is 9.88 Å². The molecule has 1 aromatic carbocycles. The largest absolute Gasteiger partial charge is 0.306 e. The van der Waals surface area contributed by atoms with Gasteiger partial charge in [0.2, 0.25) is 0 Å². The number of fused-ring (bicyclic) bond motifs is 2. The van der Waals surface area contributed by atoms with Crippen LogP contribution in [0.25, 0.3) is 12.2 Å². The van der Waals surface area contributed by atoms with Gasteiger partial charge in [0.25, 0.3) is 0 Å². The number of likely N-dealkylation sites (tertiary alicyclic amines) is 1. The molecule has 1 aliphatic carbocycles. The highest BCUT2D eigenvalue weighted by Crippen LogP contribution is 2.43. The van der Waals surface area contributed by atoms with Crippen LogP contribution in [-0.2, 0) is 0 Å². The standard InChI is InChI=1S/C19H22N2S/c1-13-20-19-17(22-13)8-7-14-5-3-4-6-16(14)18(19)15-9-11-21(2)12-10-15/h3-8,15,18H,9-12H2,1-2H3. The van der Waals surface area contributed by atoms with Crippen molar-refractivity contribution < 1.29 is 0 Å². The molecule has 2 aliphatic rings. The normalized spacial score (nSPS) is 22.2. The fraction of sp³-hybridized carbons (Fsp3) is 0.421. The zero-order valence-corrected chi connectivity index (χ0v) is 14.1. The summed E-state index contributed by atoms with van der Waals surface area (Å²) in [4.78, 5) is 8.75. The summed E-state index contributed by atoms with van der Waals surface area (Å²) >= 11 is 1.83. The Balaban J connectivity index is 1.82. The Kier molecular flexibility index (Phi) is 3.63. The first-order chi connectivity index (χ1) is 10.7. The number of aryl methyl sites for hydroxylation is 1. The third-order valence-corrected chi connectivity index (χ3v) is 6.01. The Morgan fingerprint density at radius 1 is 1.14 bits per heavy atom. The van der Waals surface area contributed by atoms with Crippen LogP contribution in [0.3, 0.4) is 0 Å². The Labute approximate surface area is 136 Å². The predicted molar refractivity (Wildman–Crippen MR) is 94.3 cm³/mol. The summed E-state index contributed by atoms with van der Waals surface area (Å²) in [6.45, 7) is 4.54. The van der Waals surface area contributed by atoms with Crippen LogP contribution in [0.5, 0.6) is 0 Å². The lowest BCUT2D eigenvalue weighted by atomic mass is 9.77. The topological polar surface area (TPSA) is 16.1 Å². The minimum absolute atomic E-state index is 0.458. The van der Waals surface area contributed by atoms with E-state index in [0.29, 0.717) is 11.8 Å². The van der Waals surface area contributed by atoms with E-state index in [2.05, 4.69) is 55.3 Å². The van der Waals surface area contributed by atoms with Gasteiger partial charge in [-0.15, -0.1) is 11.3 Å². The molecule has 1 fully saturated rings. The molecule has 1 unspecified atom stereocenters. The summed E-state index contributed by atoms with van der Waals surface area (Å²) in [7, 11) is 2.23. The second-order valence-electron chi connectivity index (χ2n) is 6.56. The number of thiazole rings is 1. The predicted octanol–water partition coefficient (Wildman–Crippen LogP) is 4.41. The second kappa shape index (κ2) is 5.64. The van der Waals surface area contributed by atoms with Gasteiger partial charge in [0.1, 0.15) is 0 Å². The minimum atomic E-state index is 0.458. The smallest absolute Gasteiger partial charge is 0.0903 e. The lowest BCUT2D eigenvalue weighted by Crippen LogP contribution is -2.33. The van der Waals surface area contributed by atoms with Crippen LogP contribution < -0.4 is 0 Å². The number of hydrogen-bond donors (Lipinski definition) is 0. The lowest BCUT2D eigenvalue weighted by molar-refractivity contribution is 0.206. The van der Waals surface area contributed by atoms with Gasteiger partial charge in [-0.1, -0.05) is 30.3 Å². The first-order valence-electron chi connectivity index (χ1n) is 8.15. The number of hydrogen-bond acceptors (Lipinski definition) is 3. The van der Waals surface area contributed by atoms with E-state index in [-0.39, 0.29) is 0 Å². The van der Waals surface area contributed by atoms with E-state index < -0.39 is 0 Å². The fourth-order valence-corrected chi connectivity index (χ4v) is 4.77. The van der Waals surface area contributed by atoms with Crippen LogP contribution in [0.15, 0.2) is 24.3 Å². The number of benzene rings is 1. The minimum Gasteiger partial charge on any atom is -0.306 e. The number of piperidine rings is 1. The molecule has 1 atom stereocenters. The highest BCUT2D eigenvalue weighted by atomic mass is 32.1. The first kappa shape index (κ1) is 14.2. The number of aromatic nitrogens is 1. The molecular weight excluding hydrogens is 288 g/mol. The number of rotatable bonds is 1. The summed E-state index contributed by atoms with van der Waals surface area (Å²) in [6, 6.07) is 8.88. The summed E-state index contributed by atoms with van der Waals surface area (Å²) in [6.07, 6.45) is 7.09. The van der Waals surface area contributed by atoms with E-state index in [1.807, 2.05) is 11.3 Å². The van der Waals surface area contributed by atoms with Gasteiger partial charge in [-0.3, -0.25) is 0 Å². The molecule has 2 nitrogen and oxygen atoms in total. The van der Waals surface area contributed by atoms with Gasteiger partial charge in [-0.2, -0.15) is 0 Å². The summed E-state index contributed by atoms with van der Waals surface area (Å²) in [5.74, 6) is 1.16. The molecule has 3 heteroatoms. The third kappa shape index (κ3) is 2.42. The first-order valence-corrected chi connectivity index (χ1v) is 8.97. The van der Waals surface area contributed by atoms with Crippen LogP contribution in [0.1, 0.15) is 45.5 Å². The Hall–Kier alpha value is -1.45. The van der Waals surface area contributed by atoms with E-state index in [4.69, 9.17) is 4.98 Å². The Bertz CT molecular complexity index is 708. The van der Waals surface area contributed by atoms with Gasteiger partial charge in [0.05, 0.1) is 15.6 Å². The lowest BCUT2D eigenvalue weighted by Gasteiger charge is -2.34. The zero-order valence-electron chi connectivity index (χ0n) is 13.2. The van der Waals surface area contributed by atoms with Gasteiger partial charge in [-0.05, 0) is 63.0 Å². The maximum absolute atomic E-state index is 4.94. The quantitative estimate of drug-likeness (QED) is 0.775. The Morgan fingerprint density at radius 3 is 2.73 bits per heavy atom. The van der Waals surface area contributed by atoms with Crippen molar-refractivity contribution >= 4 is 23.5 Å². The summed E-state index contributed by atoms with van der Waals surface area (Å²) in [5.41, 5.74) is 4.16. The maximum Gasteiger partial charge on any atom is 0.0903 e. The Morgan fingerprint density at radius 2 is 1.91 bits per heavy atom. The van der Waals surface area contributed by atoms with Crippen LogP contribution in [0, 0.1) is 12.8 Å². The molecular formula is C19H22N2S. The van der Waals surface area contributed by atoms with Gasteiger partial charge in [0, 0.05) is 5.92 Å². The fourth-order valence-electron chi connectivity index (χ4n) is 3.90. The molecule has 1 aromatic heterocycles. The summed E-state index contributed by atoms with van der Waals surface area (Å²) < 4.78 is 0. The molecule has 4 rings (SSSR count). The molecule has 114 valence electrons.